The number of hydrogen-bond donors (Lipinski definition) is 6. The van der Waals surface area contributed by atoms with E-state index in [0.29, 0.717) is 47.9 Å². The summed E-state index contributed by atoms with van der Waals surface area (Å²) in [6.45, 7) is 5.44. The SMILES string of the molecule is CCNC(=O)CC1N=C(c2ccc(Cl)cc2)c2cc(OCCCCNC(=O)c3ccc(B(O)O)cc3)ccc2N2C(C)NNC12. The summed E-state index contributed by atoms with van der Waals surface area (Å²) in [4.78, 5) is 32.5. The normalized spacial score (nSPS) is 18.7. The van der Waals surface area contributed by atoms with Crippen LogP contribution in [0, 0.1) is 0 Å². The molecule has 5 rings (SSSR count). The number of nitrogens with zero attached hydrogens (tertiary/aromatic N) is 2. The molecule has 45 heavy (non-hydrogen) atoms. The molecule has 2 aliphatic rings. The van der Waals surface area contributed by atoms with Crippen molar-refractivity contribution < 1.29 is 24.4 Å². The third-order valence-electron chi connectivity index (χ3n) is 7.80. The minimum atomic E-state index is -1.57. The van der Waals surface area contributed by atoms with Gasteiger partial charge in [-0.2, -0.15) is 0 Å². The van der Waals surface area contributed by atoms with E-state index in [9.17, 15) is 19.6 Å². The van der Waals surface area contributed by atoms with Gasteiger partial charge >= 0.3 is 7.12 Å². The fourth-order valence-corrected chi connectivity index (χ4v) is 5.66. The van der Waals surface area contributed by atoms with Gasteiger partial charge in [0.05, 0.1) is 30.9 Å². The molecular formula is C32H38BClN6O5. The van der Waals surface area contributed by atoms with Gasteiger partial charge in [-0.15, -0.1) is 0 Å². The summed E-state index contributed by atoms with van der Waals surface area (Å²) in [6.07, 6.45) is 1.36. The quantitative estimate of drug-likeness (QED) is 0.131. The van der Waals surface area contributed by atoms with E-state index in [1.54, 1.807) is 12.1 Å². The summed E-state index contributed by atoms with van der Waals surface area (Å²) < 4.78 is 6.15. The van der Waals surface area contributed by atoms with Gasteiger partial charge in [-0.3, -0.25) is 14.6 Å². The molecule has 0 bridgehead atoms. The van der Waals surface area contributed by atoms with Crippen molar-refractivity contribution in [1.29, 1.82) is 0 Å². The maximum Gasteiger partial charge on any atom is 0.488 e. The first-order chi connectivity index (χ1) is 21.7. The number of hydrazine groups is 1. The van der Waals surface area contributed by atoms with Crippen LogP contribution in [0.15, 0.2) is 71.7 Å². The smallest absolute Gasteiger partial charge is 0.488 e. The summed E-state index contributed by atoms with van der Waals surface area (Å²) in [7, 11) is -1.57. The van der Waals surface area contributed by atoms with Crippen LogP contribution in [-0.2, 0) is 4.79 Å². The van der Waals surface area contributed by atoms with E-state index in [4.69, 9.17) is 21.3 Å². The zero-order chi connectivity index (χ0) is 31.9. The molecule has 2 aliphatic heterocycles. The van der Waals surface area contributed by atoms with Crippen LogP contribution in [0.5, 0.6) is 5.75 Å². The Morgan fingerprint density at radius 2 is 1.78 bits per heavy atom. The molecule has 3 aromatic rings. The molecule has 0 saturated carbocycles. The number of ether oxygens (including phenoxy) is 1. The van der Waals surface area contributed by atoms with E-state index in [2.05, 4.69) is 33.3 Å². The third kappa shape index (κ3) is 7.84. The maximum absolute atomic E-state index is 12.7. The molecule has 3 unspecified atom stereocenters. The number of unbranched alkanes of at least 4 members (excludes halogenated alkanes) is 1. The highest BCUT2D eigenvalue weighted by molar-refractivity contribution is 6.58. The molecule has 2 amide bonds. The van der Waals surface area contributed by atoms with Gasteiger partial charge in [-0.1, -0.05) is 35.9 Å². The first-order valence-electron chi connectivity index (χ1n) is 15.2. The van der Waals surface area contributed by atoms with E-state index in [0.717, 1.165) is 28.9 Å². The highest BCUT2D eigenvalue weighted by Gasteiger charge is 2.40. The van der Waals surface area contributed by atoms with Crippen molar-refractivity contribution in [2.75, 3.05) is 24.6 Å². The molecule has 1 saturated heterocycles. The number of carbonyl (C=O) groups is 2. The molecule has 0 spiro atoms. The second-order valence-electron chi connectivity index (χ2n) is 11.0. The Balaban J connectivity index is 1.29. The zero-order valence-electron chi connectivity index (χ0n) is 25.3. The average Bonchev–Trinajstić information content (AvgIpc) is 3.36. The predicted octanol–water partition coefficient (Wildman–Crippen LogP) is 1.94. The van der Waals surface area contributed by atoms with Crippen molar-refractivity contribution in [3.05, 3.63) is 88.4 Å². The van der Waals surface area contributed by atoms with Crippen LogP contribution in [0.1, 0.15) is 54.6 Å². The fraction of sp³-hybridized carbons (Fsp3) is 0.344. The van der Waals surface area contributed by atoms with E-state index >= 15 is 0 Å². The molecule has 6 N–H and O–H groups in total. The molecule has 3 atom stereocenters. The standard InChI is InChI=1S/C32H38BClN6O5/c1-3-35-29(41)19-27-31-39-38-20(2)40(31)28-15-14-25(18-26(28)30(37-27)21-8-12-24(34)13-9-21)45-17-5-4-16-36-32(42)22-6-10-23(11-7-22)33(43)44/h6-15,18,20,27,31,38-39,43-44H,3-5,16-17,19H2,1-2H3,(H,35,41)(H,36,42). The monoisotopic (exact) mass is 632 g/mol. The van der Waals surface area contributed by atoms with Crippen LogP contribution in [0.3, 0.4) is 0 Å². The number of anilines is 1. The van der Waals surface area contributed by atoms with E-state index < -0.39 is 7.12 Å². The summed E-state index contributed by atoms with van der Waals surface area (Å²) in [5.41, 5.74) is 10.9. The number of halogens is 1. The number of rotatable bonds is 12. The molecule has 0 aromatic heterocycles. The summed E-state index contributed by atoms with van der Waals surface area (Å²) >= 11 is 6.22. The number of carbonyl (C=O) groups excluding carboxylic acids is 2. The van der Waals surface area contributed by atoms with Gasteiger partial charge in [0.15, 0.2) is 0 Å². The number of nitrogens with one attached hydrogen (secondary N) is 4. The van der Waals surface area contributed by atoms with E-state index in [1.807, 2.05) is 49.4 Å². The van der Waals surface area contributed by atoms with Crippen molar-refractivity contribution in [1.82, 2.24) is 21.5 Å². The van der Waals surface area contributed by atoms with Crippen molar-refractivity contribution in [2.24, 2.45) is 4.99 Å². The van der Waals surface area contributed by atoms with Gasteiger partial charge in [0.2, 0.25) is 5.91 Å². The second-order valence-corrected chi connectivity index (χ2v) is 11.4. The van der Waals surface area contributed by atoms with Crippen LogP contribution < -0.4 is 36.6 Å². The fourth-order valence-electron chi connectivity index (χ4n) is 5.53. The number of benzene rings is 3. The lowest BCUT2D eigenvalue weighted by molar-refractivity contribution is -0.121. The lowest BCUT2D eigenvalue weighted by Crippen LogP contribution is -2.47. The highest BCUT2D eigenvalue weighted by Crippen LogP contribution is 2.36. The van der Waals surface area contributed by atoms with Crippen molar-refractivity contribution >= 4 is 47.4 Å². The first kappa shape index (κ1) is 32.5. The Kier molecular flexibility index (Phi) is 10.7. The largest absolute Gasteiger partial charge is 0.494 e. The Hall–Kier alpha value is -3.94. The number of hydrogen-bond acceptors (Lipinski definition) is 9. The molecule has 13 heteroatoms. The van der Waals surface area contributed by atoms with Gasteiger partial charge < -0.3 is 30.3 Å². The van der Waals surface area contributed by atoms with E-state index in [1.165, 1.54) is 12.1 Å². The topological polar surface area (TPSA) is 148 Å². The molecule has 11 nitrogen and oxygen atoms in total. The summed E-state index contributed by atoms with van der Waals surface area (Å²) in [5, 5.41) is 24.8. The van der Waals surface area contributed by atoms with Gasteiger partial charge in [0.1, 0.15) is 11.9 Å². The number of amides is 2. The first-order valence-corrected chi connectivity index (χ1v) is 15.5. The van der Waals surface area contributed by atoms with Gasteiger partial charge in [-0.25, -0.2) is 10.9 Å². The molecule has 2 heterocycles. The van der Waals surface area contributed by atoms with E-state index in [-0.39, 0.29) is 36.6 Å². The molecule has 0 aliphatic carbocycles. The minimum absolute atomic E-state index is 0.0496. The van der Waals surface area contributed by atoms with Crippen molar-refractivity contribution in [2.45, 2.75) is 51.5 Å². The van der Waals surface area contributed by atoms with Crippen LogP contribution in [-0.4, -0.2) is 72.8 Å². The average molecular weight is 633 g/mol. The second kappa shape index (κ2) is 14.9. The van der Waals surface area contributed by atoms with Gasteiger partial charge in [-0.05, 0) is 74.6 Å². The Morgan fingerprint density at radius 3 is 2.49 bits per heavy atom. The minimum Gasteiger partial charge on any atom is -0.494 e. The van der Waals surface area contributed by atoms with Gasteiger partial charge in [0, 0.05) is 40.5 Å². The molecular weight excluding hydrogens is 595 g/mol. The lowest BCUT2D eigenvalue weighted by atomic mass is 9.80. The van der Waals surface area contributed by atoms with Crippen LogP contribution in [0.25, 0.3) is 0 Å². The Labute approximate surface area is 268 Å². The highest BCUT2D eigenvalue weighted by atomic mass is 35.5. The lowest BCUT2D eigenvalue weighted by Gasteiger charge is -2.31. The molecule has 236 valence electrons. The van der Waals surface area contributed by atoms with Gasteiger partial charge in [0.25, 0.3) is 5.91 Å². The van der Waals surface area contributed by atoms with Crippen molar-refractivity contribution in [3.8, 4) is 5.75 Å². The van der Waals surface area contributed by atoms with Crippen LogP contribution >= 0.6 is 11.6 Å². The zero-order valence-corrected chi connectivity index (χ0v) is 26.1. The molecule has 0 radical (unpaired) electrons. The van der Waals surface area contributed by atoms with Crippen LogP contribution in [0.4, 0.5) is 5.69 Å². The Morgan fingerprint density at radius 1 is 1.02 bits per heavy atom. The van der Waals surface area contributed by atoms with Crippen molar-refractivity contribution in [3.63, 3.8) is 0 Å². The number of aliphatic imine (C=N–C) groups is 1. The number of fused-ring (bicyclic) bond motifs is 3. The predicted molar refractivity (Wildman–Crippen MR) is 176 cm³/mol. The maximum atomic E-state index is 12.7. The Bertz CT molecular complexity index is 1520. The summed E-state index contributed by atoms with van der Waals surface area (Å²) in [5.74, 6) is 0.407. The molecule has 1 fully saturated rings. The summed E-state index contributed by atoms with van der Waals surface area (Å²) in [6, 6.07) is 19.3. The van der Waals surface area contributed by atoms with Crippen LogP contribution in [0.2, 0.25) is 5.02 Å². The third-order valence-corrected chi connectivity index (χ3v) is 8.05. The molecule has 3 aromatic carbocycles.